The predicted octanol–water partition coefficient (Wildman–Crippen LogP) is 1.07. The van der Waals surface area contributed by atoms with Gasteiger partial charge in [0.15, 0.2) is 0 Å². The Morgan fingerprint density at radius 1 is 1.58 bits per heavy atom. The van der Waals surface area contributed by atoms with Crippen LogP contribution >= 0.6 is 11.6 Å². The minimum Gasteiger partial charge on any atom is -0.282 e. The van der Waals surface area contributed by atoms with E-state index in [4.69, 9.17) is 16.2 Å². The van der Waals surface area contributed by atoms with Crippen molar-refractivity contribution in [2.45, 2.75) is 10.8 Å². The first-order chi connectivity index (χ1) is 5.55. The summed E-state index contributed by atoms with van der Waals surface area (Å²) in [6.45, 7) is 0. The molecule has 0 aromatic carbocycles. The minimum absolute atomic E-state index is 0.0457. The fourth-order valence-corrected chi connectivity index (χ4v) is 1.72. The van der Waals surface area contributed by atoms with Crippen molar-refractivity contribution in [2.75, 3.05) is 0 Å². The average Bonchev–Trinajstić information content (AvgIpc) is 2.03. The van der Waals surface area contributed by atoms with Crippen molar-refractivity contribution >= 4 is 21.7 Å². The van der Waals surface area contributed by atoms with Gasteiger partial charge in [-0.25, -0.2) is 0 Å². The number of hydrogen-bond donors (Lipinski definition) is 1. The highest BCUT2D eigenvalue weighted by Crippen LogP contribution is 2.13. The standard InChI is InChI=1S/C6H6ClNO3S/c7-4-5-6(12(9,10)11)2-1-3-8-5/h1-3H,4H2,(H,9,10,11). The van der Waals surface area contributed by atoms with Crippen LogP contribution in [0, 0.1) is 0 Å². The molecule has 0 unspecified atom stereocenters. The van der Waals surface area contributed by atoms with Crippen molar-refractivity contribution in [3.8, 4) is 0 Å². The summed E-state index contributed by atoms with van der Waals surface area (Å²) in [6.07, 6.45) is 1.41. The van der Waals surface area contributed by atoms with E-state index in [1.807, 2.05) is 0 Å². The molecule has 0 aliphatic carbocycles. The molecule has 0 aliphatic heterocycles. The number of rotatable bonds is 2. The normalized spacial score (nSPS) is 11.5. The number of aromatic nitrogens is 1. The summed E-state index contributed by atoms with van der Waals surface area (Å²) in [5.74, 6) is -0.0457. The Morgan fingerprint density at radius 3 is 2.67 bits per heavy atom. The lowest BCUT2D eigenvalue weighted by Crippen LogP contribution is -2.03. The van der Waals surface area contributed by atoms with Crippen LogP contribution in [0.15, 0.2) is 23.2 Å². The second-order valence-corrected chi connectivity index (χ2v) is 3.71. The molecule has 0 spiro atoms. The first-order valence-corrected chi connectivity index (χ1v) is 5.00. The Hall–Kier alpha value is -0.650. The van der Waals surface area contributed by atoms with Crippen LogP contribution in [0.25, 0.3) is 0 Å². The predicted molar refractivity (Wildman–Crippen MR) is 43.6 cm³/mol. The van der Waals surface area contributed by atoms with Crippen molar-refractivity contribution in [1.29, 1.82) is 0 Å². The van der Waals surface area contributed by atoms with Crippen molar-refractivity contribution in [3.63, 3.8) is 0 Å². The van der Waals surface area contributed by atoms with Crippen LogP contribution in [0.2, 0.25) is 0 Å². The van der Waals surface area contributed by atoms with Crippen LogP contribution in [-0.4, -0.2) is 18.0 Å². The smallest absolute Gasteiger partial charge is 0.282 e. The van der Waals surface area contributed by atoms with Gasteiger partial charge in [-0.3, -0.25) is 9.54 Å². The molecule has 1 aromatic rings. The van der Waals surface area contributed by atoms with Gasteiger partial charge in [-0.1, -0.05) is 0 Å². The molecule has 4 nitrogen and oxygen atoms in total. The Bertz CT molecular complexity index is 376. The van der Waals surface area contributed by atoms with E-state index in [2.05, 4.69) is 4.98 Å². The lowest BCUT2D eigenvalue weighted by molar-refractivity contribution is 0.482. The lowest BCUT2D eigenvalue weighted by Gasteiger charge is -2.00. The number of halogens is 1. The molecule has 12 heavy (non-hydrogen) atoms. The molecule has 0 radical (unpaired) electrons. The first kappa shape index (κ1) is 9.44. The van der Waals surface area contributed by atoms with Gasteiger partial charge in [0.05, 0.1) is 11.6 Å². The second kappa shape index (κ2) is 3.38. The highest BCUT2D eigenvalue weighted by Gasteiger charge is 2.14. The molecule has 1 rings (SSSR count). The van der Waals surface area contributed by atoms with Crippen LogP contribution in [0.3, 0.4) is 0 Å². The van der Waals surface area contributed by atoms with Crippen molar-refractivity contribution in [2.24, 2.45) is 0 Å². The highest BCUT2D eigenvalue weighted by molar-refractivity contribution is 7.85. The first-order valence-electron chi connectivity index (χ1n) is 3.03. The molecule has 0 fully saturated rings. The molecule has 0 saturated carbocycles. The van der Waals surface area contributed by atoms with E-state index >= 15 is 0 Å². The van der Waals surface area contributed by atoms with Gasteiger partial charge in [0.1, 0.15) is 4.90 Å². The molecule has 1 N–H and O–H groups in total. The summed E-state index contributed by atoms with van der Waals surface area (Å²) >= 11 is 5.40. The number of hydrogen-bond acceptors (Lipinski definition) is 3. The Kier molecular flexibility index (Phi) is 2.66. The van der Waals surface area contributed by atoms with Gasteiger partial charge in [-0.2, -0.15) is 8.42 Å². The molecule has 0 bridgehead atoms. The fraction of sp³-hybridized carbons (Fsp3) is 0.167. The topological polar surface area (TPSA) is 67.3 Å². The van der Waals surface area contributed by atoms with E-state index < -0.39 is 10.1 Å². The monoisotopic (exact) mass is 207 g/mol. The molecular weight excluding hydrogens is 202 g/mol. The molecule has 1 aromatic heterocycles. The van der Waals surface area contributed by atoms with Crippen LogP contribution < -0.4 is 0 Å². The van der Waals surface area contributed by atoms with Crippen molar-refractivity contribution in [1.82, 2.24) is 4.98 Å². The number of pyridine rings is 1. The molecule has 0 amide bonds. The quantitative estimate of drug-likeness (QED) is 0.582. The zero-order valence-corrected chi connectivity index (χ0v) is 7.51. The van der Waals surface area contributed by atoms with Crippen LogP contribution in [-0.2, 0) is 16.0 Å². The summed E-state index contributed by atoms with van der Waals surface area (Å²) in [4.78, 5) is 3.46. The summed E-state index contributed by atoms with van der Waals surface area (Å²) in [6, 6.07) is 2.67. The van der Waals surface area contributed by atoms with Crippen LogP contribution in [0.1, 0.15) is 5.69 Å². The third kappa shape index (κ3) is 1.94. The molecular formula is C6H6ClNO3S. The van der Waals surface area contributed by atoms with Crippen molar-refractivity contribution < 1.29 is 13.0 Å². The zero-order valence-electron chi connectivity index (χ0n) is 5.94. The highest BCUT2D eigenvalue weighted by atomic mass is 35.5. The van der Waals surface area contributed by atoms with E-state index in [-0.39, 0.29) is 16.5 Å². The molecule has 1 heterocycles. The van der Waals surface area contributed by atoms with Gasteiger partial charge in [0, 0.05) is 6.20 Å². The van der Waals surface area contributed by atoms with Crippen LogP contribution in [0.4, 0.5) is 0 Å². The molecule has 66 valence electrons. The maximum atomic E-state index is 10.7. The largest absolute Gasteiger partial charge is 0.296 e. The molecule has 6 heteroatoms. The van der Waals surface area contributed by atoms with Gasteiger partial charge >= 0.3 is 0 Å². The van der Waals surface area contributed by atoms with Crippen molar-refractivity contribution in [3.05, 3.63) is 24.0 Å². The molecule has 0 atom stereocenters. The number of alkyl halides is 1. The van der Waals surface area contributed by atoms with E-state index in [9.17, 15) is 8.42 Å². The Labute approximate surface area is 74.9 Å². The van der Waals surface area contributed by atoms with E-state index in [1.54, 1.807) is 0 Å². The summed E-state index contributed by atoms with van der Waals surface area (Å²) in [7, 11) is -4.19. The van der Waals surface area contributed by atoms with Gasteiger partial charge in [-0.15, -0.1) is 11.6 Å². The van der Waals surface area contributed by atoms with Gasteiger partial charge in [0.25, 0.3) is 10.1 Å². The summed E-state index contributed by atoms with van der Waals surface area (Å²) in [5.41, 5.74) is 0.154. The Balaban J connectivity index is 3.33. The SMILES string of the molecule is O=S(=O)(O)c1cccnc1CCl. The maximum Gasteiger partial charge on any atom is 0.296 e. The summed E-state index contributed by atoms with van der Waals surface area (Å²) in [5, 5.41) is 0. The zero-order chi connectivity index (χ0) is 9.19. The number of nitrogens with zero attached hydrogens (tertiary/aromatic N) is 1. The maximum absolute atomic E-state index is 10.7. The van der Waals surface area contributed by atoms with E-state index in [1.165, 1.54) is 18.3 Å². The summed E-state index contributed by atoms with van der Waals surface area (Å²) < 4.78 is 30.0. The minimum atomic E-state index is -4.19. The van der Waals surface area contributed by atoms with Gasteiger partial charge in [-0.05, 0) is 12.1 Å². The molecule has 0 saturated heterocycles. The third-order valence-electron chi connectivity index (χ3n) is 1.25. The third-order valence-corrected chi connectivity index (χ3v) is 2.43. The Morgan fingerprint density at radius 2 is 2.25 bits per heavy atom. The van der Waals surface area contributed by atoms with Gasteiger partial charge in [0.2, 0.25) is 0 Å². The average molecular weight is 208 g/mol. The second-order valence-electron chi connectivity index (χ2n) is 2.06. The molecule has 0 aliphatic rings. The van der Waals surface area contributed by atoms with Gasteiger partial charge < -0.3 is 0 Å². The van der Waals surface area contributed by atoms with Crippen LogP contribution in [0.5, 0.6) is 0 Å². The van der Waals surface area contributed by atoms with E-state index in [0.717, 1.165) is 0 Å². The lowest BCUT2D eigenvalue weighted by atomic mass is 10.4. The fourth-order valence-electron chi connectivity index (χ4n) is 0.758. The van der Waals surface area contributed by atoms with E-state index in [0.29, 0.717) is 0 Å².